The van der Waals surface area contributed by atoms with Gasteiger partial charge in [0.15, 0.2) is 0 Å². The molecule has 0 radical (unpaired) electrons. The van der Waals surface area contributed by atoms with E-state index < -0.39 is 11.4 Å². The van der Waals surface area contributed by atoms with Crippen LogP contribution < -0.4 is 5.90 Å². The average molecular weight is 211 g/mol. The predicted molar refractivity (Wildman–Crippen MR) is 52.7 cm³/mol. The zero-order chi connectivity index (χ0) is 10.6. The van der Waals surface area contributed by atoms with Gasteiger partial charge in [-0.05, 0) is 49.9 Å². The molecule has 15 heavy (non-hydrogen) atoms. The number of nitrogens with two attached hydrogens (primary N) is 1. The lowest BCUT2D eigenvalue weighted by Gasteiger charge is -2.57. The Morgan fingerprint density at radius 3 is 2.33 bits per heavy atom. The Hall–Kier alpha value is -0.610. The van der Waals surface area contributed by atoms with Crippen molar-refractivity contribution >= 4 is 5.97 Å². The Balaban J connectivity index is 2.00. The number of aliphatic carboxylic acids is 1. The van der Waals surface area contributed by atoms with E-state index in [4.69, 9.17) is 10.7 Å². The van der Waals surface area contributed by atoms with Crippen LogP contribution in [-0.2, 0) is 9.63 Å². The summed E-state index contributed by atoms with van der Waals surface area (Å²) in [5.74, 6) is 6.21. The van der Waals surface area contributed by atoms with Crippen molar-refractivity contribution in [2.24, 2.45) is 29.1 Å². The highest BCUT2D eigenvalue weighted by Crippen LogP contribution is 2.60. The highest BCUT2D eigenvalue weighted by atomic mass is 16.6. The average Bonchev–Trinajstić information content (AvgIpc) is 2.16. The van der Waals surface area contributed by atoms with Crippen LogP contribution in [0.25, 0.3) is 0 Å². The number of rotatable bonds is 2. The summed E-state index contributed by atoms with van der Waals surface area (Å²) >= 11 is 0. The van der Waals surface area contributed by atoms with Crippen molar-refractivity contribution in [3.05, 3.63) is 0 Å². The summed E-state index contributed by atoms with van der Waals surface area (Å²) in [5.41, 5.74) is -0.663. The van der Waals surface area contributed by atoms with E-state index in [1.807, 2.05) is 0 Å². The van der Waals surface area contributed by atoms with Crippen LogP contribution >= 0.6 is 0 Å². The fraction of sp³-hybridized carbons (Fsp3) is 0.909. The predicted octanol–water partition coefficient (Wildman–Crippen LogP) is 1.16. The Morgan fingerprint density at radius 2 is 1.87 bits per heavy atom. The van der Waals surface area contributed by atoms with Gasteiger partial charge in [-0.1, -0.05) is 0 Å². The van der Waals surface area contributed by atoms with E-state index in [-0.39, 0.29) is 6.10 Å². The van der Waals surface area contributed by atoms with Gasteiger partial charge in [-0.15, -0.1) is 0 Å². The van der Waals surface area contributed by atoms with Crippen LogP contribution in [-0.4, -0.2) is 17.2 Å². The Bertz CT molecular complexity index is 290. The van der Waals surface area contributed by atoms with Gasteiger partial charge in [0, 0.05) is 0 Å². The van der Waals surface area contributed by atoms with E-state index in [9.17, 15) is 9.90 Å². The molecule has 3 atom stereocenters. The fourth-order valence-corrected chi connectivity index (χ4v) is 4.53. The van der Waals surface area contributed by atoms with Crippen LogP contribution in [0.4, 0.5) is 0 Å². The van der Waals surface area contributed by atoms with Crippen LogP contribution in [0.15, 0.2) is 0 Å². The molecule has 0 heterocycles. The zero-order valence-corrected chi connectivity index (χ0v) is 8.69. The molecule has 0 aromatic rings. The van der Waals surface area contributed by atoms with Crippen molar-refractivity contribution in [2.45, 2.75) is 38.2 Å². The second kappa shape index (κ2) is 2.95. The molecule has 0 amide bonds. The molecule has 4 saturated carbocycles. The van der Waals surface area contributed by atoms with Crippen LogP contribution in [0.1, 0.15) is 32.1 Å². The van der Waals surface area contributed by atoms with Gasteiger partial charge in [0.1, 0.15) is 0 Å². The summed E-state index contributed by atoms with van der Waals surface area (Å²) in [7, 11) is 0. The van der Waals surface area contributed by atoms with E-state index in [0.717, 1.165) is 25.7 Å². The summed E-state index contributed by atoms with van der Waals surface area (Å²) in [6.07, 6.45) is 4.76. The lowest BCUT2D eigenvalue weighted by atomic mass is 9.48. The summed E-state index contributed by atoms with van der Waals surface area (Å²) < 4.78 is 0. The molecule has 4 fully saturated rings. The van der Waals surface area contributed by atoms with Gasteiger partial charge < -0.3 is 5.11 Å². The molecule has 0 aromatic heterocycles. The minimum absolute atomic E-state index is 0.247. The van der Waals surface area contributed by atoms with Crippen LogP contribution in [0, 0.1) is 23.2 Å². The second-order valence-electron chi connectivity index (χ2n) is 5.63. The SMILES string of the molecule is NOC1C2CC3CC(C2)CC1(C(=O)O)C3. The molecule has 4 aliphatic carbocycles. The number of hydrogen-bond donors (Lipinski definition) is 2. The van der Waals surface area contributed by atoms with Crippen molar-refractivity contribution in [3.63, 3.8) is 0 Å². The molecule has 0 aliphatic heterocycles. The lowest BCUT2D eigenvalue weighted by molar-refractivity contribution is -0.204. The number of carboxylic acid groups (broad SMARTS) is 1. The van der Waals surface area contributed by atoms with Gasteiger partial charge >= 0.3 is 5.97 Å². The fourth-order valence-electron chi connectivity index (χ4n) is 4.53. The molecule has 4 rings (SSSR count). The first-order valence-electron chi connectivity index (χ1n) is 5.74. The van der Waals surface area contributed by atoms with Gasteiger partial charge in [-0.25, -0.2) is 5.90 Å². The van der Waals surface area contributed by atoms with Gasteiger partial charge in [-0.3, -0.25) is 9.63 Å². The van der Waals surface area contributed by atoms with Gasteiger partial charge in [0.2, 0.25) is 0 Å². The standard InChI is InChI=1S/C11H17NO3/c12-15-9-8-2-6-1-7(3-8)5-11(9,4-6)10(13)14/h6-9H,1-5,12H2,(H,13,14). The van der Waals surface area contributed by atoms with E-state index in [2.05, 4.69) is 0 Å². The molecule has 84 valence electrons. The molecular weight excluding hydrogens is 194 g/mol. The summed E-state index contributed by atoms with van der Waals surface area (Å²) in [6, 6.07) is 0. The molecule has 3 unspecified atom stereocenters. The van der Waals surface area contributed by atoms with E-state index >= 15 is 0 Å². The van der Waals surface area contributed by atoms with E-state index in [1.54, 1.807) is 0 Å². The third-order valence-electron chi connectivity index (χ3n) is 4.79. The maximum atomic E-state index is 11.5. The molecule has 0 aromatic carbocycles. The van der Waals surface area contributed by atoms with E-state index in [1.165, 1.54) is 6.42 Å². The Labute approximate surface area is 88.7 Å². The molecule has 4 bridgehead atoms. The molecular formula is C11H17NO3. The van der Waals surface area contributed by atoms with Crippen molar-refractivity contribution in [1.29, 1.82) is 0 Å². The first-order valence-corrected chi connectivity index (χ1v) is 5.74. The molecule has 0 spiro atoms. The first-order chi connectivity index (χ1) is 7.15. The van der Waals surface area contributed by atoms with Crippen molar-refractivity contribution in [2.75, 3.05) is 0 Å². The maximum absolute atomic E-state index is 11.5. The zero-order valence-electron chi connectivity index (χ0n) is 8.69. The highest BCUT2D eigenvalue weighted by molar-refractivity contribution is 5.76. The minimum Gasteiger partial charge on any atom is -0.481 e. The first kappa shape index (κ1) is 9.60. The van der Waals surface area contributed by atoms with Gasteiger partial charge in [0.25, 0.3) is 0 Å². The second-order valence-corrected chi connectivity index (χ2v) is 5.63. The van der Waals surface area contributed by atoms with Crippen molar-refractivity contribution in [3.8, 4) is 0 Å². The third-order valence-corrected chi connectivity index (χ3v) is 4.79. The van der Waals surface area contributed by atoms with Crippen LogP contribution in [0.2, 0.25) is 0 Å². The Morgan fingerprint density at radius 1 is 1.27 bits per heavy atom. The summed E-state index contributed by atoms with van der Waals surface area (Å²) in [5, 5.41) is 9.44. The normalized spacial score (nSPS) is 52.1. The molecule has 4 nitrogen and oxygen atoms in total. The monoisotopic (exact) mass is 211 g/mol. The molecule has 4 aliphatic rings. The Kier molecular flexibility index (Phi) is 1.89. The van der Waals surface area contributed by atoms with Gasteiger partial charge in [0.05, 0.1) is 11.5 Å². The molecule has 0 saturated heterocycles. The summed E-state index contributed by atoms with van der Waals surface area (Å²) in [4.78, 5) is 16.5. The third kappa shape index (κ3) is 1.12. The molecule has 4 heteroatoms. The number of carbonyl (C=O) groups is 1. The maximum Gasteiger partial charge on any atom is 0.312 e. The molecule has 3 N–H and O–H groups in total. The van der Waals surface area contributed by atoms with Crippen molar-refractivity contribution in [1.82, 2.24) is 0 Å². The van der Waals surface area contributed by atoms with E-state index in [0.29, 0.717) is 17.8 Å². The number of carboxylic acids is 1. The lowest BCUT2D eigenvalue weighted by Crippen LogP contribution is -2.60. The topological polar surface area (TPSA) is 72.5 Å². The minimum atomic E-state index is -0.697. The quantitative estimate of drug-likeness (QED) is 0.672. The van der Waals surface area contributed by atoms with Crippen LogP contribution in [0.3, 0.4) is 0 Å². The van der Waals surface area contributed by atoms with Crippen LogP contribution in [0.5, 0.6) is 0 Å². The van der Waals surface area contributed by atoms with Gasteiger partial charge in [-0.2, -0.15) is 0 Å². The smallest absolute Gasteiger partial charge is 0.312 e. The van der Waals surface area contributed by atoms with Crippen molar-refractivity contribution < 1.29 is 14.7 Å². The largest absolute Gasteiger partial charge is 0.481 e. The highest BCUT2D eigenvalue weighted by Gasteiger charge is 2.61. The summed E-state index contributed by atoms with van der Waals surface area (Å²) in [6.45, 7) is 0. The number of hydrogen-bond acceptors (Lipinski definition) is 3.